The number of hydrogen-bond donors (Lipinski definition) is 2. The minimum Gasteiger partial charge on any atom is -0.395 e. The molecule has 0 heterocycles. The zero-order valence-corrected chi connectivity index (χ0v) is 12.1. The zero-order valence-electron chi connectivity index (χ0n) is 12.1. The summed E-state index contributed by atoms with van der Waals surface area (Å²) < 4.78 is 14.0. The van der Waals surface area contributed by atoms with E-state index in [-0.39, 0.29) is 12.2 Å². The number of halogens is 1. The largest absolute Gasteiger partial charge is 0.395 e. The number of nitrogens with zero attached hydrogens (tertiary/aromatic N) is 1. The molecule has 0 bridgehead atoms. The number of amides is 1. The summed E-state index contributed by atoms with van der Waals surface area (Å²) in [6.07, 6.45) is 1.88. The van der Waals surface area contributed by atoms with Crippen molar-refractivity contribution in [3.8, 4) is 0 Å². The highest BCUT2D eigenvalue weighted by atomic mass is 19.1. The van der Waals surface area contributed by atoms with Crippen LogP contribution in [0.4, 0.5) is 4.39 Å². The fraction of sp³-hybridized carbons (Fsp3) is 0.533. The van der Waals surface area contributed by atoms with Crippen LogP contribution in [0.25, 0.3) is 0 Å². The lowest BCUT2D eigenvalue weighted by Gasteiger charge is -2.30. The predicted molar refractivity (Wildman–Crippen MR) is 76.8 cm³/mol. The summed E-state index contributed by atoms with van der Waals surface area (Å²) >= 11 is 0. The topological polar surface area (TPSA) is 66.6 Å². The van der Waals surface area contributed by atoms with E-state index < -0.39 is 11.7 Å². The first-order valence-corrected chi connectivity index (χ1v) is 6.96. The highest BCUT2D eigenvalue weighted by Gasteiger charge is 2.17. The Bertz CT molecular complexity index is 447. The van der Waals surface area contributed by atoms with Crippen LogP contribution in [-0.2, 0) is 6.54 Å². The van der Waals surface area contributed by atoms with E-state index in [4.69, 9.17) is 10.8 Å². The van der Waals surface area contributed by atoms with Crippen molar-refractivity contribution in [2.24, 2.45) is 5.73 Å². The van der Waals surface area contributed by atoms with Crippen LogP contribution in [-0.4, -0.2) is 35.1 Å². The van der Waals surface area contributed by atoms with E-state index in [9.17, 15) is 9.18 Å². The van der Waals surface area contributed by atoms with E-state index in [0.717, 1.165) is 12.8 Å². The van der Waals surface area contributed by atoms with Gasteiger partial charge in [-0.3, -0.25) is 9.69 Å². The number of carbonyl (C=O) groups excluding carboxylic acids is 1. The van der Waals surface area contributed by atoms with E-state index in [0.29, 0.717) is 24.7 Å². The Hall–Kier alpha value is -1.46. The van der Waals surface area contributed by atoms with Gasteiger partial charge in [0.1, 0.15) is 5.82 Å². The van der Waals surface area contributed by atoms with Gasteiger partial charge in [0.05, 0.1) is 6.61 Å². The Balaban J connectivity index is 2.90. The Morgan fingerprint density at radius 3 is 2.50 bits per heavy atom. The average Bonchev–Trinajstić information content (AvgIpc) is 2.42. The van der Waals surface area contributed by atoms with Gasteiger partial charge in [0.2, 0.25) is 5.91 Å². The van der Waals surface area contributed by atoms with Crippen molar-refractivity contribution in [3.05, 3.63) is 35.1 Å². The first-order valence-electron chi connectivity index (χ1n) is 6.96. The predicted octanol–water partition coefficient (Wildman–Crippen LogP) is 1.91. The number of benzene rings is 1. The minimum absolute atomic E-state index is 0.0392. The van der Waals surface area contributed by atoms with Crippen LogP contribution < -0.4 is 5.73 Å². The number of rotatable bonds is 8. The molecule has 0 unspecified atom stereocenters. The van der Waals surface area contributed by atoms with Gasteiger partial charge in [0.15, 0.2) is 0 Å². The van der Waals surface area contributed by atoms with Crippen LogP contribution >= 0.6 is 0 Å². The average molecular weight is 282 g/mol. The van der Waals surface area contributed by atoms with Crippen LogP contribution in [0.1, 0.15) is 42.6 Å². The third kappa shape index (κ3) is 4.28. The molecule has 3 N–H and O–H groups in total. The summed E-state index contributed by atoms with van der Waals surface area (Å²) in [5, 5.41) is 9.14. The van der Waals surface area contributed by atoms with E-state index in [1.165, 1.54) is 12.1 Å². The molecular formula is C15H23FN2O2. The van der Waals surface area contributed by atoms with E-state index >= 15 is 0 Å². The van der Waals surface area contributed by atoms with Crippen LogP contribution in [0.3, 0.4) is 0 Å². The molecule has 0 saturated carbocycles. The highest BCUT2D eigenvalue weighted by Crippen LogP contribution is 2.17. The Morgan fingerprint density at radius 2 is 2.05 bits per heavy atom. The van der Waals surface area contributed by atoms with Gasteiger partial charge in [0.25, 0.3) is 0 Å². The maximum Gasteiger partial charge on any atom is 0.248 e. The summed E-state index contributed by atoms with van der Waals surface area (Å²) in [5.41, 5.74) is 5.80. The van der Waals surface area contributed by atoms with Gasteiger partial charge in [-0.1, -0.05) is 19.9 Å². The van der Waals surface area contributed by atoms with E-state index in [1.807, 2.05) is 0 Å². The second-order valence-corrected chi connectivity index (χ2v) is 4.83. The van der Waals surface area contributed by atoms with Crippen molar-refractivity contribution in [2.45, 2.75) is 39.3 Å². The van der Waals surface area contributed by atoms with Crippen molar-refractivity contribution >= 4 is 5.91 Å². The molecular weight excluding hydrogens is 259 g/mol. The number of aliphatic hydroxyl groups is 1. The van der Waals surface area contributed by atoms with Gasteiger partial charge in [-0.05, 0) is 25.0 Å². The fourth-order valence-corrected chi connectivity index (χ4v) is 2.37. The first-order chi connectivity index (χ1) is 9.53. The number of aliphatic hydroxyl groups excluding tert-OH is 1. The van der Waals surface area contributed by atoms with E-state index in [1.54, 1.807) is 6.07 Å². The Kier molecular flexibility index (Phi) is 6.61. The lowest BCUT2D eigenvalue weighted by molar-refractivity contribution is 0.0999. The molecule has 5 heteroatoms. The van der Waals surface area contributed by atoms with Gasteiger partial charge >= 0.3 is 0 Å². The maximum absolute atomic E-state index is 14.0. The molecule has 0 aliphatic carbocycles. The molecule has 1 rings (SSSR count). The summed E-state index contributed by atoms with van der Waals surface area (Å²) in [6, 6.07) is 4.59. The van der Waals surface area contributed by atoms with Gasteiger partial charge < -0.3 is 10.8 Å². The van der Waals surface area contributed by atoms with Gasteiger partial charge in [-0.2, -0.15) is 0 Å². The van der Waals surface area contributed by atoms with Gasteiger partial charge in [-0.25, -0.2) is 4.39 Å². The van der Waals surface area contributed by atoms with Crippen LogP contribution in [0.2, 0.25) is 0 Å². The van der Waals surface area contributed by atoms with Crippen LogP contribution in [0.15, 0.2) is 18.2 Å². The molecule has 1 aromatic rings. The van der Waals surface area contributed by atoms with Gasteiger partial charge in [0, 0.05) is 30.3 Å². The summed E-state index contributed by atoms with van der Waals surface area (Å²) in [7, 11) is 0. The summed E-state index contributed by atoms with van der Waals surface area (Å²) in [4.78, 5) is 13.1. The zero-order chi connectivity index (χ0) is 15.1. The van der Waals surface area contributed by atoms with Crippen molar-refractivity contribution < 1.29 is 14.3 Å². The molecule has 0 aliphatic rings. The standard InChI is InChI=1S/C15H23FN2O2/c1-3-13(4-2)18(7-8-19)10-12-6-5-11(15(17)20)9-14(12)16/h5-6,9,13,19H,3-4,7-8,10H2,1-2H3,(H2,17,20). The lowest BCUT2D eigenvalue weighted by Crippen LogP contribution is -2.36. The highest BCUT2D eigenvalue weighted by molar-refractivity contribution is 5.92. The molecule has 0 fully saturated rings. The Morgan fingerprint density at radius 1 is 1.40 bits per heavy atom. The second-order valence-electron chi connectivity index (χ2n) is 4.83. The number of primary amides is 1. The summed E-state index contributed by atoms with van der Waals surface area (Å²) in [6.45, 7) is 5.11. The molecule has 0 atom stereocenters. The van der Waals surface area contributed by atoms with Crippen molar-refractivity contribution in [1.82, 2.24) is 4.90 Å². The lowest BCUT2D eigenvalue weighted by atomic mass is 10.1. The maximum atomic E-state index is 14.0. The van der Waals surface area contributed by atoms with E-state index in [2.05, 4.69) is 18.7 Å². The number of hydrogen-bond acceptors (Lipinski definition) is 3. The monoisotopic (exact) mass is 282 g/mol. The SMILES string of the molecule is CCC(CC)N(CCO)Cc1ccc(C(N)=O)cc1F. The van der Waals surface area contributed by atoms with Gasteiger partial charge in [-0.15, -0.1) is 0 Å². The molecule has 0 aromatic heterocycles. The molecule has 1 aromatic carbocycles. The second kappa shape index (κ2) is 7.97. The molecule has 0 spiro atoms. The number of carbonyl (C=O) groups is 1. The smallest absolute Gasteiger partial charge is 0.248 e. The normalized spacial score (nSPS) is 11.3. The molecule has 0 aliphatic heterocycles. The fourth-order valence-electron chi connectivity index (χ4n) is 2.37. The van der Waals surface area contributed by atoms with Crippen molar-refractivity contribution in [1.29, 1.82) is 0 Å². The molecule has 4 nitrogen and oxygen atoms in total. The molecule has 1 amide bonds. The third-order valence-corrected chi connectivity index (χ3v) is 3.56. The quantitative estimate of drug-likeness (QED) is 0.765. The third-order valence-electron chi connectivity index (χ3n) is 3.56. The Labute approximate surface area is 119 Å². The van der Waals surface area contributed by atoms with Crippen molar-refractivity contribution in [3.63, 3.8) is 0 Å². The molecule has 0 saturated heterocycles. The van der Waals surface area contributed by atoms with Crippen LogP contribution in [0, 0.1) is 5.82 Å². The van der Waals surface area contributed by atoms with Crippen molar-refractivity contribution in [2.75, 3.05) is 13.2 Å². The summed E-state index contributed by atoms with van der Waals surface area (Å²) in [5.74, 6) is -1.07. The first kappa shape index (κ1) is 16.6. The van der Waals surface area contributed by atoms with Crippen LogP contribution in [0.5, 0.6) is 0 Å². The number of nitrogens with two attached hydrogens (primary N) is 1. The molecule has 0 radical (unpaired) electrons. The molecule has 112 valence electrons. The molecule has 20 heavy (non-hydrogen) atoms. The minimum atomic E-state index is -0.636.